The summed E-state index contributed by atoms with van der Waals surface area (Å²) in [6, 6.07) is 26.1. The van der Waals surface area contributed by atoms with Gasteiger partial charge in [0.1, 0.15) is 39.0 Å². The Kier molecular flexibility index (Phi) is 13.4. The predicted molar refractivity (Wildman–Crippen MR) is 227 cm³/mol. The van der Waals surface area contributed by atoms with Crippen LogP contribution in [-0.2, 0) is 30.8 Å². The zero-order valence-electron chi connectivity index (χ0n) is 33.1. The van der Waals surface area contributed by atoms with Gasteiger partial charge < -0.3 is 9.80 Å². The maximum atomic E-state index is 12.7. The van der Waals surface area contributed by atoms with Gasteiger partial charge in [-0.1, -0.05) is 80.4 Å². The van der Waals surface area contributed by atoms with E-state index in [1.807, 2.05) is 81.0 Å². The first kappa shape index (κ1) is 39.4. The molecule has 1 amide bonds. The van der Waals surface area contributed by atoms with E-state index in [0.29, 0.717) is 13.0 Å². The number of amides is 1. The van der Waals surface area contributed by atoms with Crippen molar-refractivity contribution in [1.82, 2.24) is 59.8 Å². The fourth-order valence-corrected chi connectivity index (χ4v) is 7.73. The molecule has 0 aliphatic carbocycles. The van der Waals surface area contributed by atoms with Crippen LogP contribution in [0.4, 0.5) is 5.82 Å². The first-order valence-electron chi connectivity index (χ1n) is 20.2. The van der Waals surface area contributed by atoms with E-state index in [1.165, 1.54) is 17.7 Å². The molecule has 296 valence electrons. The van der Waals surface area contributed by atoms with Gasteiger partial charge in [-0.3, -0.25) is 4.79 Å². The van der Waals surface area contributed by atoms with Crippen molar-refractivity contribution in [2.75, 3.05) is 31.1 Å². The molecule has 9 rings (SSSR count). The molecule has 1 aliphatic heterocycles. The highest BCUT2D eigenvalue weighted by Crippen LogP contribution is 2.31. The van der Waals surface area contributed by atoms with E-state index in [4.69, 9.17) is 0 Å². The highest BCUT2D eigenvalue weighted by molar-refractivity contribution is 7.18. The van der Waals surface area contributed by atoms with Gasteiger partial charge in [-0.15, -0.1) is 21.5 Å². The second-order valence-electron chi connectivity index (χ2n) is 14.0. The van der Waals surface area contributed by atoms with Gasteiger partial charge in [-0.05, 0) is 68.1 Å². The molecular weight excluding hydrogens is 735 g/mol. The average molecular weight is 786 g/mol. The van der Waals surface area contributed by atoms with Crippen LogP contribution in [0.3, 0.4) is 0 Å². The van der Waals surface area contributed by atoms with E-state index in [9.17, 15) is 4.79 Å². The minimum absolute atomic E-state index is 0.209. The number of carbonyl (C=O) groups excluding carboxylic acids is 1. The lowest BCUT2D eigenvalue weighted by Crippen LogP contribution is -2.49. The fourth-order valence-electron chi connectivity index (χ4n) is 6.80. The lowest BCUT2D eigenvalue weighted by molar-refractivity contribution is -0.131. The number of hydrogen-bond acceptors (Lipinski definition) is 11. The number of aryl methyl sites for hydroxylation is 4. The Morgan fingerprint density at radius 2 is 1.23 bits per heavy atom. The second kappa shape index (κ2) is 19.4. The molecule has 1 saturated heterocycles. The highest BCUT2D eigenvalue weighted by atomic mass is 32.1. The minimum Gasteiger partial charge on any atom is -0.352 e. The molecule has 0 saturated carbocycles. The first-order chi connectivity index (χ1) is 28.0. The summed E-state index contributed by atoms with van der Waals surface area (Å²) in [5.74, 6) is 1.20. The molecule has 8 aromatic rings. The molecule has 0 bridgehead atoms. The molecule has 0 unspecified atom stereocenters. The van der Waals surface area contributed by atoms with Gasteiger partial charge in [0.05, 0.1) is 23.0 Å². The summed E-state index contributed by atoms with van der Waals surface area (Å²) < 4.78 is 3.85. The number of rotatable bonds is 12. The Morgan fingerprint density at radius 3 is 1.82 bits per heavy atom. The largest absolute Gasteiger partial charge is 0.352 e. The molecule has 0 atom stereocenters. The quantitative estimate of drug-likeness (QED) is 0.122. The van der Waals surface area contributed by atoms with Gasteiger partial charge >= 0.3 is 0 Å². The fraction of sp³-hybridized carbons (Fsp3) is 0.405. The summed E-state index contributed by atoms with van der Waals surface area (Å²) in [5, 5.41) is 26.4. The molecule has 15 heteroatoms. The van der Waals surface area contributed by atoms with E-state index >= 15 is 0 Å². The molecule has 3 aromatic carbocycles. The molecule has 14 nitrogen and oxygen atoms in total. The van der Waals surface area contributed by atoms with Crippen molar-refractivity contribution >= 4 is 66.4 Å². The van der Waals surface area contributed by atoms with E-state index in [1.54, 1.807) is 22.5 Å². The van der Waals surface area contributed by atoms with E-state index in [0.717, 1.165) is 114 Å². The van der Waals surface area contributed by atoms with Gasteiger partial charge in [-0.25, -0.2) is 19.3 Å². The zero-order chi connectivity index (χ0) is 39.4. The monoisotopic (exact) mass is 785 g/mol. The van der Waals surface area contributed by atoms with Crippen molar-refractivity contribution in [2.24, 2.45) is 0 Å². The van der Waals surface area contributed by atoms with Crippen molar-refractivity contribution in [1.29, 1.82) is 0 Å². The summed E-state index contributed by atoms with van der Waals surface area (Å²) in [4.78, 5) is 30.1. The van der Waals surface area contributed by atoms with Crippen LogP contribution in [0.5, 0.6) is 0 Å². The van der Waals surface area contributed by atoms with Crippen LogP contribution in [0.2, 0.25) is 0 Å². The Bertz CT molecular complexity index is 2450. The topological polar surface area (TPSA) is 141 Å². The first-order valence-corrected chi connectivity index (χ1v) is 21.0. The number of thiophene rings is 1. The van der Waals surface area contributed by atoms with Crippen LogP contribution < -0.4 is 4.90 Å². The lowest BCUT2D eigenvalue weighted by atomic mass is 10.2. The standard InChI is InChI=1S/C22H25N7OS.2C10H13N3/c1-2-16-14-17-21(23-15-24-22(17)31-16)28-12-10-27(11-13-28)20(30)8-5-9-29-19-7-4-3-6-18(19)25-26-29;1-2-3-8-13-10-7-5-4-6-9(10)11-12-13;1-2-3-8-13-11-9-6-4-5-7-10(9)12-13/h3-4,6-7,14-15H,2,5,8-13H2,1H3;2*4-7H,2-3,8H2,1H3. The molecule has 6 heterocycles. The van der Waals surface area contributed by atoms with Crippen molar-refractivity contribution in [3.8, 4) is 0 Å². The van der Waals surface area contributed by atoms with E-state index < -0.39 is 0 Å². The van der Waals surface area contributed by atoms with Crippen molar-refractivity contribution in [2.45, 2.75) is 85.4 Å². The Labute approximate surface area is 336 Å². The number of fused-ring (bicyclic) bond motifs is 4. The SMILES string of the molecule is CCCCn1nc2ccccc2n1.CCCCn1nnc2ccccc21.CCc1cc2c(N3CCN(C(=O)CCCn4nnc5ccccc54)CC3)ncnc2s1. The summed E-state index contributed by atoms with van der Waals surface area (Å²) in [6.07, 6.45) is 8.61. The average Bonchev–Trinajstić information content (AvgIpc) is 4.07. The van der Waals surface area contributed by atoms with Crippen LogP contribution in [-0.4, -0.2) is 91.9 Å². The van der Waals surface area contributed by atoms with Crippen LogP contribution >= 0.6 is 11.3 Å². The predicted octanol–water partition coefficient (Wildman–Crippen LogP) is 7.59. The molecule has 5 aromatic heterocycles. The minimum atomic E-state index is 0.209. The molecule has 1 aliphatic rings. The van der Waals surface area contributed by atoms with Crippen LogP contribution in [0.1, 0.15) is 64.2 Å². The van der Waals surface area contributed by atoms with Gasteiger partial charge in [-0.2, -0.15) is 15.0 Å². The number of anilines is 1. The van der Waals surface area contributed by atoms with Crippen LogP contribution in [0.15, 0.2) is 85.2 Å². The van der Waals surface area contributed by atoms with Gasteiger partial charge in [0.25, 0.3) is 0 Å². The molecular formula is C42H51N13OS. The van der Waals surface area contributed by atoms with Crippen molar-refractivity contribution in [3.63, 3.8) is 0 Å². The maximum absolute atomic E-state index is 12.7. The number of carbonyl (C=O) groups is 1. The summed E-state index contributed by atoms with van der Waals surface area (Å²) in [7, 11) is 0. The van der Waals surface area contributed by atoms with Crippen LogP contribution in [0, 0.1) is 0 Å². The molecule has 0 N–H and O–H groups in total. The van der Waals surface area contributed by atoms with Crippen molar-refractivity contribution < 1.29 is 4.79 Å². The van der Waals surface area contributed by atoms with Gasteiger partial charge in [0, 0.05) is 50.6 Å². The second-order valence-corrected chi connectivity index (χ2v) is 15.2. The maximum Gasteiger partial charge on any atom is 0.222 e. The van der Waals surface area contributed by atoms with E-state index in [2.05, 4.69) is 78.6 Å². The number of piperazine rings is 1. The number of unbranched alkanes of at least 4 members (excludes halogenated alkanes) is 2. The number of benzene rings is 3. The molecule has 0 radical (unpaired) electrons. The van der Waals surface area contributed by atoms with E-state index in [-0.39, 0.29) is 5.91 Å². The Hall–Kier alpha value is -5.83. The van der Waals surface area contributed by atoms with Gasteiger partial charge in [0.15, 0.2) is 0 Å². The zero-order valence-corrected chi connectivity index (χ0v) is 33.9. The Balaban J connectivity index is 0.000000156. The third-order valence-corrected chi connectivity index (χ3v) is 11.2. The number of aromatic nitrogens is 11. The lowest BCUT2D eigenvalue weighted by Gasteiger charge is -2.35. The third kappa shape index (κ3) is 9.77. The summed E-state index contributed by atoms with van der Waals surface area (Å²) >= 11 is 1.74. The normalized spacial score (nSPS) is 12.9. The summed E-state index contributed by atoms with van der Waals surface area (Å²) in [5.41, 5.74) is 5.99. The summed E-state index contributed by atoms with van der Waals surface area (Å²) in [6.45, 7) is 12.1. The third-order valence-electron chi connectivity index (χ3n) is 10.0. The highest BCUT2D eigenvalue weighted by Gasteiger charge is 2.23. The van der Waals surface area contributed by atoms with Crippen molar-refractivity contribution in [3.05, 3.63) is 90.1 Å². The van der Waals surface area contributed by atoms with Crippen LogP contribution in [0.25, 0.3) is 43.3 Å². The number of nitrogens with zero attached hydrogens (tertiary/aromatic N) is 13. The molecule has 0 spiro atoms. The molecule has 1 fully saturated rings. The smallest absolute Gasteiger partial charge is 0.222 e. The molecule has 57 heavy (non-hydrogen) atoms. The Morgan fingerprint density at radius 1 is 0.667 bits per heavy atom. The number of hydrogen-bond donors (Lipinski definition) is 0. The number of para-hydroxylation sites is 2. The van der Waals surface area contributed by atoms with Gasteiger partial charge in [0.2, 0.25) is 5.91 Å².